The van der Waals surface area contributed by atoms with Gasteiger partial charge in [0.2, 0.25) is 0 Å². The number of hydrogen-bond donors (Lipinski definition) is 3. The maximum Gasteiger partial charge on any atom is 0.305 e. The molecule has 0 saturated carbocycles. The largest absolute Gasteiger partial charge is 0.505 e. The molecule has 0 bridgehead atoms. The van der Waals surface area contributed by atoms with Crippen LogP contribution in [0.25, 0.3) is 22.0 Å². The Labute approximate surface area is 198 Å². The first-order valence-electron chi connectivity index (χ1n) is 10.8. The van der Waals surface area contributed by atoms with Gasteiger partial charge in [0.15, 0.2) is 11.4 Å². The summed E-state index contributed by atoms with van der Waals surface area (Å²) in [6.45, 7) is 0.156. The Morgan fingerprint density at radius 3 is 2.60 bits per heavy atom. The van der Waals surface area contributed by atoms with Crippen LogP contribution in [0.4, 0.5) is 4.39 Å². The normalized spacial score (nSPS) is 10.9. The number of aliphatic carboxylic acids is 1. The van der Waals surface area contributed by atoms with E-state index in [1.165, 1.54) is 23.0 Å². The molecule has 3 aromatic heterocycles. The van der Waals surface area contributed by atoms with Crippen LogP contribution in [0.1, 0.15) is 22.5 Å². The molecule has 178 valence electrons. The fourth-order valence-corrected chi connectivity index (χ4v) is 3.69. The van der Waals surface area contributed by atoms with Gasteiger partial charge in [-0.2, -0.15) is 0 Å². The summed E-state index contributed by atoms with van der Waals surface area (Å²) in [5.74, 6) is -3.14. The van der Waals surface area contributed by atoms with Gasteiger partial charge in [0, 0.05) is 36.4 Å². The third-order valence-electron chi connectivity index (χ3n) is 5.41. The summed E-state index contributed by atoms with van der Waals surface area (Å²) < 4.78 is 15.4. The van der Waals surface area contributed by atoms with Gasteiger partial charge in [-0.05, 0) is 24.1 Å². The number of hydrogen-bond acceptors (Lipinski definition) is 6. The topological polar surface area (TPSA) is 134 Å². The van der Waals surface area contributed by atoms with Crippen LogP contribution in [-0.4, -0.2) is 43.2 Å². The van der Waals surface area contributed by atoms with Crippen LogP contribution in [0.15, 0.2) is 65.8 Å². The van der Waals surface area contributed by atoms with E-state index in [0.717, 1.165) is 17.8 Å². The summed E-state index contributed by atoms with van der Waals surface area (Å²) in [5, 5.41) is 22.0. The van der Waals surface area contributed by atoms with E-state index in [9.17, 15) is 23.9 Å². The van der Waals surface area contributed by atoms with E-state index in [1.807, 2.05) is 30.3 Å². The molecule has 0 aliphatic carbocycles. The van der Waals surface area contributed by atoms with Crippen molar-refractivity contribution in [2.24, 2.45) is 0 Å². The Hall–Kier alpha value is -4.60. The Morgan fingerprint density at radius 1 is 1.11 bits per heavy atom. The minimum Gasteiger partial charge on any atom is -0.505 e. The number of nitrogens with zero attached hydrogens (tertiary/aromatic N) is 3. The highest BCUT2D eigenvalue weighted by atomic mass is 19.1. The van der Waals surface area contributed by atoms with Crippen LogP contribution in [0.2, 0.25) is 0 Å². The van der Waals surface area contributed by atoms with E-state index in [1.54, 1.807) is 0 Å². The number of carbonyl (C=O) groups excluding carboxylic acids is 1. The smallest absolute Gasteiger partial charge is 0.305 e. The average molecular weight is 476 g/mol. The number of carboxylic acids is 1. The van der Waals surface area contributed by atoms with Gasteiger partial charge in [0.05, 0.1) is 23.7 Å². The van der Waals surface area contributed by atoms with Gasteiger partial charge in [-0.1, -0.05) is 30.3 Å². The summed E-state index contributed by atoms with van der Waals surface area (Å²) in [4.78, 5) is 44.9. The van der Waals surface area contributed by atoms with E-state index in [0.29, 0.717) is 13.0 Å². The lowest BCUT2D eigenvalue weighted by molar-refractivity contribution is -0.136. The number of aryl methyl sites for hydroxylation is 2. The van der Waals surface area contributed by atoms with E-state index >= 15 is 0 Å². The van der Waals surface area contributed by atoms with Crippen LogP contribution >= 0.6 is 0 Å². The van der Waals surface area contributed by atoms with Crippen molar-refractivity contribution in [2.45, 2.75) is 19.4 Å². The molecule has 35 heavy (non-hydrogen) atoms. The van der Waals surface area contributed by atoms with Gasteiger partial charge in [-0.3, -0.25) is 19.4 Å². The molecule has 0 radical (unpaired) electrons. The molecule has 0 spiro atoms. The number of pyridine rings is 3. The van der Waals surface area contributed by atoms with Gasteiger partial charge in [-0.15, -0.1) is 0 Å². The van der Waals surface area contributed by atoms with Crippen molar-refractivity contribution < 1.29 is 24.2 Å². The fourth-order valence-electron chi connectivity index (χ4n) is 3.69. The number of fused-ring (bicyclic) bond motifs is 1. The van der Waals surface area contributed by atoms with Crippen LogP contribution in [0, 0.1) is 5.82 Å². The summed E-state index contributed by atoms with van der Waals surface area (Å²) >= 11 is 0. The number of nitrogens with one attached hydrogen (secondary N) is 1. The monoisotopic (exact) mass is 476 g/mol. The molecule has 0 fully saturated rings. The minimum absolute atomic E-state index is 0.00699. The lowest BCUT2D eigenvalue weighted by Gasteiger charge is -2.14. The van der Waals surface area contributed by atoms with Crippen LogP contribution in [0.5, 0.6) is 5.75 Å². The summed E-state index contributed by atoms with van der Waals surface area (Å²) in [5.41, 5.74) is 0.269. The number of rotatable bonds is 8. The first-order valence-corrected chi connectivity index (χ1v) is 10.8. The number of amides is 1. The molecular formula is C25H21FN4O5. The molecular weight excluding hydrogens is 455 g/mol. The van der Waals surface area contributed by atoms with Gasteiger partial charge < -0.3 is 20.1 Å². The average Bonchev–Trinajstić information content (AvgIpc) is 2.84. The van der Waals surface area contributed by atoms with Crippen LogP contribution < -0.4 is 10.9 Å². The zero-order valence-electron chi connectivity index (χ0n) is 18.4. The molecule has 0 aliphatic heterocycles. The molecule has 9 nitrogen and oxygen atoms in total. The highest BCUT2D eigenvalue weighted by molar-refractivity contribution is 6.05. The molecule has 0 atom stereocenters. The predicted molar refractivity (Wildman–Crippen MR) is 126 cm³/mol. The number of benzene rings is 1. The van der Waals surface area contributed by atoms with Gasteiger partial charge in [0.25, 0.3) is 11.5 Å². The first kappa shape index (κ1) is 23.6. The van der Waals surface area contributed by atoms with Crippen LogP contribution in [-0.2, 0) is 17.8 Å². The number of carboxylic acid groups (broad SMARTS) is 1. The second-order valence-electron chi connectivity index (χ2n) is 7.79. The zero-order chi connectivity index (χ0) is 24.9. The molecule has 0 saturated heterocycles. The highest BCUT2D eigenvalue weighted by Gasteiger charge is 2.23. The van der Waals surface area contributed by atoms with E-state index in [2.05, 4.69) is 15.3 Å². The lowest BCUT2D eigenvalue weighted by atomic mass is 10.0. The number of aromatic nitrogens is 3. The molecule has 1 amide bonds. The molecule has 3 heterocycles. The summed E-state index contributed by atoms with van der Waals surface area (Å²) in [7, 11) is 0. The van der Waals surface area contributed by atoms with Gasteiger partial charge in [0.1, 0.15) is 5.82 Å². The van der Waals surface area contributed by atoms with E-state index in [-0.39, 0.29) is 35.0 Å². The molecule has 3 N–H and O–H groups in total. The van der Waals surface area contributed by atoms with Crippen molar-refractivity contribution >= 4 is 22.6 Å². The van der Waals surface area contributed by atoms with Crippen molar-refractivity contribution in [3.05, 3.63) is 88.5 Å². The minimum atomic E-state index is -1.11. The molecule has 0 unspecified atom stereocenters. The molecule has 4 rings (SSSR count). The Bertz CT molecular complexity index is 1470. The third-order valence-corrected chi connectivity index (χ3v) is 5.41. The third kappa shape index (κ3) is 5.16. The van der Waals surface area contributed by atoms with Gasteiger partial charge >= 0.3 is 5.97 Å². The van der Waals surface area contributed by atoms with Crippen molar-refractivity contribution in [3.8, 4) is 17.0 Å². The fraction of sp³-hybridized carbons (Fsp3) is 0.160. The van der Waals surface area contributed by atoms with Crippen LogP contribution in [0.3, 0.4) is 0 Å². The van der Waals surface area contributed by atoms with Gasteiger partial charge in [-0.25, -0.2) is 9.37 Å². The summed E-state index contributed by atoms with van der Waals surface area (Å²) in [6.07, 6.45) is 4.05. The van der Waals surface area contributed by atoms with E-state index < -0.39 is 34.7 Å². The Morgan fingerprint density at radius 2 is 1.89 bits per heavy atom. The maximum absolute atomic E-state index is 14.0. The zero-order valence-corrected chi connectivity index (χ0v) is 18.4. The molecule has 0 aliphatic rings. The van der Waals surface area contributed by atoms with E-state index in [4.69, 9.17) is 5.11 Å². The number of halogens is 1. The molecule has 1 aromatic carbocycles. The number of aromatic hydroxyl groups is 1. The Balaban J connectivity index is 1.83. The number of carbonyl (C=O) groups is 2. The van der Waals surface area contributed by atoms with Crippen molar-refractivity contribution in [1.29, 1.82) is 0 Å². The summed E-state index contributed by atoms with van der Waals surface area (Å²) in [6, 6.07) is 12.2. The second-order valence-corrected chi connectivity index (χ2v) is 7.79. The quantitative estimate of drug-likeness (QED) is 0.356. The Kier molecular flexibility index (Phi) is 6.81. The molecule has 4 aromatic rings. The molecule has 10 heteroatoms. The van der Waals surface area contributed by atoms with Crippen molar-refractivity contribution in [2.75, 3.05) is 6.54 Å². The first-order chi connectivity index (χ1) is 16.8. The SMILES string of the molecule is O=C(O)CCNC(=O)c1nc(-c2cncc(F)c2)c2c(=O)n(CCc3ccccc3)ccc2c1O. The maximum atomic E-state index is 14.0. The lowest BCUT2D eigenvalue weighted by Crippen LogP contribution is -2.28. The second kappa shape index (κ2) is 10.1. The van der Waals surface area contributed by atoms with Crippen molar-refractivity contribution in [3.63, 3.8) is 0 Å². The predicted octanol–water partition coefficient (Wildman–Crippen LogP) is 2.75. The standard InChI is InChI=1S/C25H21FN4O5/c26-17-12-16(13-27-14-17)21-20-18(23(33)22(29-21)24(34)28-9-6-19(31)32)8-11-30(25(20)35)10-7-15-4-2-1-3-5-15/h1-5,8,11-14,33H,6-7,9-10H2,(H,28,34)(H,31,32). The highest BCUT2D eigenvalue weighted by Crippen LogP contribution is 2.32. The van der Waals surface area contributed by atoms with Crippen molar-refractivity contribution in [1.82, 2.24) is 19.9 Å².